The van der Waals surface area contributed by atoms with Crippen LogP contribution in [0.25, 0.3) is 0 Å². The average Bonchev–Trinajstić information content (AvgIpc) is 2.10. The third-order valence-corrected chi connectivity index (χ3v) is 2.97. The maximum Gasteiger partial charge on any atom is 0.174 e. The largest absolute Gasteiger partial charge is 0.365 e. The molecule has 0 amide bonds. The molecular formula is C10H20O2. The standard InChI is InChI=1S/C10H20O2/c1-7-9(5,6)10(7,11)12-8(2,3)4/h7,11H,1-6H3. The van der Waals surface area contributed by atoms with Crippen LogP contribution in [0.4, 0.5) is 0 Å². The Labute approximate surface area is 74.9 Å². The van der Waals surface area contributed by atoms with Crippen molar-refractivity contribution in [2.75, 3.05) is 0 Å². The Bertz CT molecular complexity index is 191. The van der Waals surface area contributed by atoms with Gasteiger partial charge in [0.05, 0.1) is 5.60 Å². The van der Waals surface area contributed by atoms with Gasteiger partial charge in [-0.25, -0.2) is 0 Å². The molecule has 1 aliphatic rings. The molecule has 1 N–H and O–H groups in total. The third kappa shape index (κ3) is 1.27. The van der Waals surface area contributed by atoms with Crippen LogP contribution in [-0.4, -0.2) is 16.5 Å². The fraction of sp³-hybridized carbons (Fsp3) is 1.00. The summed E-state index contributed by atoms with van der Waals surface area (Å²) in [6, 6.07) is 0. The van der Waals surface area contributed by atoms with Crippen LogP contribution in [0.15, 0.2) is 0 Å². The molecule has 72 valence electrons. The minimum Gasteiger partial charge on any atom is -0.365 e. The highest BCUT2D eigenvalue weighted by Crippen LogP contribution is 2.62. The lowest BCUT2D eigenvalue weighted by Crippen LogP contribution is -2.32. The second-order valence-electron chi connectivity index (χ2n) is 5.35. The summed E-state index contributed by atoms with van der Waals surface area (Å²) in [4.78, 5) is 0. The maximum atomic E-state index is 10.0. The number of hydrogen-bond acceptors (Lipinski definition) is 2. The molecule has 2 atom stereocenters. The SMILES string of the molecule is CC1C(C)(C)C1(O)OC(C)(C)C. The molecular weight excluding hydrogens is 152 g/mol. The van der Waals surface area contributed by atoms with Crippen LogP contribution in [0.2, 0.25) is 0 Å². The van der Waals surface area contributed by atoms with E-state index in [4.69, 9.17) is 4.74 Å². The molecule has 0 aromatic heterocycles. The summed E-state index contributed by atoms with van der Waals surface area (Å²) in [6.07, 6.45) is 0. The van der Waals surface area contributed by atoms with Crippen molar-refractivity contribution < 1.29 is 9.84 Å². The Hall–Kier alpha value is -0.0800. The van der Waals surface area contributed by atoms with Crippen LogP contribution in [0.5, 0.6) is 0 Å². The summed E-state index contributed by atoms with van der Waals surface area (Å²) >= 11 is 0. The van der Waals surface area contributed by atoms with Crippen LogP contribution >= 0.6 is 0 Å². The number of ether oxygens (including phenoxy) is 1. The summed E-state index contributed by atoms with van der Waals surface area (Å²) in [5.41, 5.74) is -0.364. The zero-order valence-electron chi connectivity index (χ0n) is 8.93. The Morgan fingerprint density at radius 2 is 1.58 bits per heavy atom. The molecule has 0 bridgehead atoms. The quantitative estimate of drug-likeness (QED) is 0.614. The van der Waals surface area contributed by atoms with E-state index >= 15 is 0 Å². The molecule has 12 heavy (non-hydrogen) atoms. The van der Waals surface area contributed by atoms with Crippen molar-refractivity contribution in [2.45, 2.75) is 52.9 Å². The van der Waals surface area contributed by atoms with Gasteiger partial charge < -0.3 is 9.84 Å². The predicted octanol–water partition coefficient (Wildman–Crippen LogP) is 2.17. The minimum absolute atomic E-state index is 0.0969. The molecule has 1 saturated carbocycles. The van der Waals surface area contributed by atoms with Gasteiger partial charge in [0.15, 0.2) is 5.79 Å². The Kier molecular flexibility index (Phi) is 1.86. The number of aliphatic hydroxyl groups is 1. The maximum absolute atomic E-state index is 10.0. The molecule has 0 saturated heterocycles. The fourth-order valence-corrected chi connectivity index (χ4v) is 1.64. The van der Waals surface area contributed by atoms with Gasteiger partial charge in [0.2, 0.25) is 0 Å². The Morgan fingerprint density at radius 3 is 1.67 bits per heavy atom. The van der Waals surface area contributed by atoms with Gasteiger partial charge in [-0.1, -0.05) is 20.8 Å². The van der Waals surface area contributed by atoms with E-state index in [9.17, 15) is 5.11 Å². The average molecular weight is 172 g/mol. The second-order valence-corrected chi connectivity index (χ2v) is 5.35. The Morgan fingerprint density at radius 1 is 1.25 bits per heavy atom. The van der Waals surface area contributed by atoms with E-state index in [0.29, 0.717) is 0 Å². The molecule has 0 heterocycles. The predicted molar refractivity (Wildman–Crippen MR) is 48.7 cm³/mol. The van der Waals surface area contributed by atoms with E-state index in [1.54, 1.807) is 0 Å². The van der Waals surface area contributed by atoms with E-state index in [-0.39, 0.29) is 16.9 Å². The lowest BCUT2D eigenvalue weighted by atomic mass is 10.1. The van der Waals surface area contributed by atoms with Crippen molar-refractivity contribution in [2.24, 2.45) is 11.3 Å². The molecule has 2 heteroatoms. The van der Waals surface area contributed by atoms with Crippen molar-refractivity contribution in [3.63, 3.8) is 0 Å². The van der Waals surface area contributed by atoms with E-state index in [2.05, 4.69) is 0 Å². The third-order valence-electron chi connectivity index (χ3n) is 2.97. The summed E-state index contributed by atoms with van der Waals surface area (Å²) in [6.45, 7) is 12.0. The molecule has 1 fully saturated rings. The molecule has 0 aliphatic heterocycles. The second kappa shape index (κ2) is 2.24. The molecule has 0 radical (unpaired) electrons. The van der Waals surface area contributed by atoms with Crippen LogP contribution in [0.1, 0.15) is 41.5 Å². The van der Waals surface area contributed by atoms with Crippen molar-refractivity contribution in [1.82, 2.24) is 0 Å². The normalized spacial score (nSPS) is 39.8. The molecule has 2 nitrogen and oxygen atoms in total. The van der Waals surface area contributed by atoms with Crippen LogP contribution in [-0.2, 0) is 4.74 Å². The van der Waals surface area contributed by atoms with Crippen molar-refractivity contribution >= 4 is 0 Å². The van der Waals surface area contributed by atoms with E-state index in [1.807, 2.05) is 41.5 Å². The van der Waals surface area contributed by atoms with Crippen molar-refractivity contribution in [3.8, 4) is 0 Å². The van der Waals surface area contributed by atoms with Gasteiger partial charge >= 0.3 is 0 Å². The van der Waals surface area contributed by atoms with Gasteiger partial charge in [-0.2, -0.15) is 0 Å². The highest BCUT2D eigenvalue weighted by atomic mass is 16.7. The lowest BCUT2D eigenvalue weighted by molar-refractivity contribution is -0.211. The first-order chi connectivity index (χ1) is 5.11. The topological polar surface area (TPSA) is 29.5 Å². The smallest absolute Gasteiger partial charge is 0.174 e. The van der Waals surface area contributed by atoms with Crippen LogP contribution in [0, 0.1) is 11.3 Å². The molecule has 2 unspecified atom stereocenters. The van der Waals surface area contributed by atoms with Gasteiger partial charge in [0.25, 0.3) is 0 Å². The van der Waals surface area contributed by atoms with Crippen LogP contribution in [0.3, 0.4) is 0 Å². The number of hydrogen-bond donors (Lipinski definition) is 1. The highest BCUT2D eigenvalue weighted by Gasteiger charge is 2.70. The highest BCUT2D eigenvalue weighted by molar-refractivity contribution is 5.11. The summed E-state index contributed by atoms with van der Waals surface area (Å²) < 4.78 is 5.62. The Balaban J connectivity index is 2.67. The van der Waals surface area contributed by atoms with Gasteiger partial charge in [0, 0.05) is 11.3 Å². The zero-order chi connectivity index (χ0) is 9.78. The summed E-state index contributed by atoms with van der Waals surface area (Å²) in [5.74, 6) is -0.685. The van der Waals surface area contributed by atoms with Crippen molar-refractivity contribution in [1.29, 1.82) is 0 Å². The van der Waals surface area contributed by atoms with Crippen LogP contribution < -0.4 is 0 Å². The molecule has 1 aliphatic carbocycles. The van der Waals surface area contributed by atoms with Gasteiger partial charge in [-0.3, -0.25) is 0 Å². The lowest BCUT2D eigenvalue weighted by Gasteiger charge is -2.26. The molecule has 0 aromatic rings. The first-order valence-electron chi connectivity index (χ1n) is 4.54. The van der Waals surface area contributed by atoms with Crippen molar-refractivity contribution in [3.05, 3.63) is 0 Å². The fourth-order valence-electron chi connectivity index (χ4n) is 1.64. The zero-order valence-corrected chi connectivity index (χ0v) is 8.93. The van der Waals surface area contributed by atoms with E-state index < -0.39 is 5.79 Å². The summed E-state index contributed by atoms with van der Waals surface area (Å²) in [7, 11) is 0. The molecule has 1 rings (SSSR count). The minimum atomic E-state index is -0.911. The monoisotopic (exact) mass is 172 g/mol. The summed E-state index contributed by atoms with van der Waals surface area (Å²) in [5, 5.41) is 10.0. The van der Waals surface area contributed by atoms with Gasteiger partial charge in [-0.15, -0.1) is 0 Å². The molecule has 0 aromatic carbocycles. The van der Waals surface area contributed by atoms with Gasteiger partial charge in [-0.05, 0) is 20.8 Å². The molecule has 0 spiro atoms. The number of rotatable bonds is 1. The van der Waals surface area contributed by atoms with E-state index in [0.717, 1.165) is 0 Å². The first-order valence-corrected chi connectivity index (χ1v) is 4.54. The van der Waals surface area contributed by atoms with Gasteiger partial charge in [0.1, 0.15) is 0 Å². The van der Waals surface area contributed by atoms with E-state index in [1.165, 1.54) is 0 Å². The first kappa shape index (κ1) is 10.0.